The Labute approximate surface area is 151 Å². The first-order chi connectivity index (χ1) is 10.4. The Morgan fingerprint density at radius 1 is 1.12 bits per heavy atom. The molecule has 0 bridgehead atoms. The molecule has 1 aromatic carbocycles. The Hall–Kier alpha value is -0.670. The Morgan fingerprint density at radius 3 is 2.00 bits per heavy atom. The molecule has 0 aliphatic heterocycles. The van der Waals surface area contributed by atoms with Gasteiger partial charge in [-0.1, -0.05) is 26.0 Å². The van der Waals surface area contributed by atoms with Gasteiger partial charge in [0, 0.05) is 18.3 Å². The van der Waals surface area contributed by atoms with Gasteiger partial charge in [0.1, 0.15) is 0 Å². The maximum atomic E-state index is 12.5. The Kier molecular flexibility index (Phi) is 8.38. The number of nitrogens with one attached hydrogen (secondary N) is 1. The van der Waals surface area contributed by atoms with Crippen molar-refractivity contribution in [2.45, 2.75) is 43.4 Å². The molecule has 0 heterocycles. The third kappa shape index (κ3) is 7.48. The molecule has 0 fully saturated rings. The van der Waals surface area contributed by atoms with Crippen LogP contribution in [-0.2, 0) is 25.6 Å². The number of rotatable bonds is 8. The van der Waals surface area contributed by atoms with Crippen LogP contribution in [0.2, 0.25) is 0 Å². The van der Waals surface area contributed by atoms with Crippen LogP contribution in [0.25, 0.3) is 0 Å². The molecule has 24 heavy (non-hydrogen) atoms. The first-order valence-electron chi connectivity index (χ1n) is 7.38. The van der Waals surface area contributed by atoms with E-state index in [1.165, 1.54) is 24.3 Å². The molecule has 1 atom stereocenters. The molecule has 0 aliphatic carbocycles. The average molecular weight is 399 g/mol. The van der Waals surface area contributed by atoms with Gasteiger partial charge in [-0.15, -0.1) is 12.4 Å². The SMILES string of the molecule is CC(C)CC(C)(CN)NS(=O)(=O)c1ccc(CS(C)(=O)=O)cc1.Cl. The van der Waals surface area contributed by atoms with Crippen LogP contribution in [0.1, 0.15) is 32.8 Å². The van der Waals surface area contributed by atoms with Crippen molar-refractivity contribution >= 4 is 32.3 Å². The van der Waals surface area contributed by atoms with Crippen LogP contribution >= 0.6 is 12.4 Å². The van der Waals surface area contributed by atoms with Crippen molar-refractivity contribution < 1.29 is 16.8 Å². The zero-order valence-corrected chi connectivity index (χ0v) is 16.9. The van der Waals surface area contributed by atoms with Crippen molar-refractivity contribution in [3.05, 3.63) is 29.8 Å². The van der Waals surface area contributed by atoms with Crippen molar-refractivity contribution in [2.24, 2.45) is 11.7 Å². The highest BCUT2D eigenvalue weighted by Gasteiger charge is 2.30. The highest BCUT2D eigenvalue weighted by molar-refractivity contribution is 7.90. The molecular weight excluding hydrogens is 372 g/mol. The summed E-state index contributed by atoms with van der Waals surface area (Å²) in [5.74, 6) is 0.178. The van der Waals surface area contributed by atoms with E-state index in [2.05, 4.69) is 4.72 Å². The quantitative estimate of drug-likeness (QED) is 0.693. The molecule has 0 spiro atoms. The van der Waals surface area contributed by atoms with Gasteiger partial charge in [0.2, 0.25) is 10.0 Å². The number of sulfonamides is 1. The van der Waals surface area contributed by atoms with Crippen LogP contribution in [-0.4, -0.2) is 35.2 Å². The van der Waals surface area contributed by atoms with Crippen molar-refractivity contribution in [2.75, 3.05) is 12.8 Å². The zero-order chi connectivity index (χ0) is 17.9. The van der Waals surface area contributed by atoms with E-state index in [0.717, 1.165) is 6.26 Å². The number of hydrogen-bond donors (Lipinski definition) is 2. The summed E-state index contributed by atoms with van der Waals surface area (Å²) >= 11 is 0. The van der Waals surface area contributed by atoms with Gasteiger partial charge in [0.25, 0.3) is 0 Å². The third-order valence-electron chi connectivity index (χ3n) is 3.35. The van der Waals surface area contributed by atoms with Gasteiger partial charge in [0.15, 0.2) is 9.84 Å². The maximum absolute atomic E-state index is 12.5. The summed E-state index contributed by atoms with van der Waals surface area (Å²) in [5, 5.41) is 0. The molecule has 6 nitrogen and oxygen atoms in total. The Balaban J connectivity index is 0.00000529. The standard InChI is InChI=1S/C15H26N2O4S2.ClH/c1-12(2)9-15(3,11-16)17-23(20,21)14-7-5-13(6-8-14)10-22(4,18)19;/h5-8,12,17H,9-11,16H2,1-4H3;1H. The van der Waals surface area contributed by atoms with E-state index in [0.29, 0.717) is 17.9 Å². The van der Waals surface area contributed by atoms with Gasteiger partial charge < -0.3 is 5.73 Å². The Morgan fingerprint density at radius 2 is 1.62 bits per heavy atom. The smallest absolute Gasteiger partial charge is 0.241 e. The Bertz CT molecular complexity index is 731. The molecule has 3 N–H and O–H groups in total. The van der Waals surface area contributed by atoms with E-state index < -0.39 is 25.4 Å². The highest BCUT2D eigenvalue weighted by atomic mass is 35.5. The minimum atomic E-state index is -3.72. The van der Waals surface area contributed by atoms with Gasteiger partial charge >= 0.3 is 0 Å². The normalized spacial score (nSPS) is 14.9. The third-order valence-corrected chi connectivity index (χ3v) is 5.86. The second-order valence-corrected chi connectivity index (χ2v) is 10.5. The lowest BCUT2D eigenvalue weighted by atomic mass is 9.92. The largest absolute Gasteiger partial charge is 0.329 e. The summed E-state index contributed by atoms with van der Waals surface area (Å²) in [7, 11) is -6.87. The molecule has 0 saturated heterocycles. The lowest BCUT2D eigenvalue weighted by Gasteiger charge is -2.30. The first kappa shape index (κ1) is 23.3. The minimum absolute atomic E-state index is 0. The monoisotopic (exact) mass is 398 g/mol. The summed E-state index contributed by atoms with van der Waals surface area (Å²) in [6, 6.07) is 5.85. The molecule has 0 saturated carbocycles. The van der Waals surface area contributed by atoms with Gasteiger partial charge in [-0.25, -0.2) is 21.6 Å². The minimum Gasteiger partial charge on any atom is -0.329 e. The lowest BCUT2D eigenvalue weighted by molar-refractivity contribution is 0.344. The summed E-state index contributed by atoms with van der Waals surface area (Å²) < 4.78 is 50.2. The van der Waals surface area contributed by atoms with E-state index in [1.54, 1.807) is 6.92 Å². The van der Waals surface area contributed by atoms with E-state index >= 15 is 0 Å². The van der Waals surface area contributed by atoms with Crippen molar-refractivity contribution in [1.29, 1.82) is 0 Å². The van der Waals surface area contributed by atoms with Crippen LogP contribution in [0.4, 0.5) is 0 Å². The molecule has 0 radical (unpaired) electrons. The zero-order valence-electron chi connectivity index (χ0n) is 14.4. The lowest BCUT2D eigenvalue weighted by Crippen LogP contribution is -2.51. The molecule has 0 amide bonds. The summed E-state index contributed by atoms with van der Waals surface area (Å²) in [4.78, 5) is 0.0955. The average Bonchev–Trinajstić information content (AvgIpc) is 2.35. The van der Waals surface area contributed by atoms with Crippen molar-refractivity contribution in [3.8, 4) is 0 Å². The van der Waals surface area contributed by atoms with Gasteiger partial charge in [-0.05, 0) is 37.0 Å². The first-order valence-corrected chi connectivity index (χ1v) is 10.9. The second-order valence-electron chi connectivity index (χ2n) is 6.68. The van der Waals surface area contributed by atoms with Crippen LogP contribution in [0.5, 0.6) is 0 Å². The predicted molar refractivity (Wildman–Crippen MR) is 99.5 cm³/mol. The molecule has 0 aromatic heterocycles. The fourth-order valence-electron chi connectivity index (χ4n) is 2.52. The van der Waals surface area contributed by atoms with Crippen LogP contribution < -0.4 is 10.5 Å². The van der Waals surface area contributed by atoms with Crippen LogP contribution in [0.3, 0.4) is 0 Å². The number of hydrogen-bond acceptors (Lipinski definition) is 5. The van der Waals surface area contributed by atoms with Gasteiger partial charge in [0.05, 0.1) is 10.6 Å². The second kappa shape index (κ2) is 8.62. The maximum Gasteiger partial charge on any atom is 0.241 e. The fraction of sp³-hybridized carbons (Fsp3) is 0.600. The van der Waals surface area contributed by atoms with E-state index in [9.17, 15) is 16.8 Å². The number of sulfone groups is 1. The molecule has 1 aromatic rings. The molecule has 140 valence electrons. The highest BCUT2D eigenvalue weighted by Crippen LogP contribution is 2.20. The van der Waals surface area contributed by atoms with Crippen molar-refractivity contribution in [1.82, 2.24) is 4.72 Å². The molecular formula is C15H27ClN2O4S2. The van der Waals surface area contributed by atoms with Gasteiger partial charge in [-0.2, -0.15) is 0 Å². The molecule has 1 rings (SSSR count). The van der Waals surface area contributed by atoms with E-state index in [4.69, 9.17) is 5.73 Å². The summed E-state index contributed by atoms with van der Waals surface area (Å²) in [6.07, 6.45) is 1.76. The molecule has 0 aliphatic rings. The number of halogens is 1. The topological polar surface area (TPSA) is 106 Å². The van der Waals surface area contributed by atoms with E-state index in [-0.39, 0.29) is 29.6 Å². The van der Waals surface area contributed by atoms with Crippen molar-refractivity contribution in [3.63, 3.8) is 0 Å². The summed E-state index contributed by atoms with van der Waals surface area (Å²) in [5.41, 5.74) is 5.57. The predicted octanol–water partition coefficient (Wildman–Crippen LogP) is 1.69. The van der Waals surface area contributed by atoms with Gasteiger partial charge in [-0.3, -0.25) is 0 Å². The fourth-order valence-corrected chi connectivity index (χ4v) is 4.74. The van der Waals surface area contributed by atoms with Crippen LogP contribution in [0, 0.1) is 5.92 Å². The number of nitrogens with two attached hydrogens (primary N) is 1. The molecule has 9 heteroatoms. The van der Waals surface area contributed by atoms with E-state index in [1.807, 2.05) is 13.8 Å². The molecule has 1 unspecified atom stereocenters. The summed E-state index contributed by atoms with van der Waals surface area (Å²) in [6.45, 7) is 5.98. The number of benzene rings is 1. The van der Waals surface area contributed by atoms with Crippen LogP contribution in [0.15, 0.2) is 29.2 Å².